The lowest BCUT2D eigenvalue weighted by Gasteiger charge is -2.16. The molecule has 1 aliphatic rings. The molecule has 1 atom stereocenters. The van der Waals surface area contributed by atoms with Crippen LogP contribution in [0.1, 0.15) is 17.0 Å². The molecule has 2 aromatic rings. The van der Waals surface area contributed by atoms with E-state index >= 15 is 0 Å². The number of nitrogens with zero attached hydrogens (tertiary/aromatic N) is 2. The van der Waals surface area contributed by atoms with E-state index in [0.29, 0.717) is 19.6 Å². The molecule has 0 saturated carbocycles. The Labute approximate surface area is 139 Å². The van der Waals surface area contributed by atoms with Gasteiger partial charge in [-0.2, -0.15) is 0 Å². The largest absolute Gasteiger partial charge is 0.355 e. The molecule has 1 aliphatic heterocycles. The van der Waals surface area contributed by atoms with Crippen LogP contribution in [0.4, 0.5) is 0 Å². The van der Waals surface area contributed by atoms with Crippen LogP contribution in [0.15, 0.2) is 41.9 Å². The van der Waals surface area contributed by atoms with Crippen LogP contribution in [0.25, 0.3) is 0 Å². The average molecular weight is 329 g/mol. The number of thiophene rings is 1. The van der Waals surface area contributed by atoms with E-state index in [4.69, 9.17) is 0 Å². The Morgan fingerprint density at radius 3 is 3.00 bits per heavy atom. The molecule has 3 heterocycles. The zero-order valence-electron chi connectivity index (χ0n) is 12.8. The number of carbonyl (C=O) groups excluding carboxylic acids is 2. The SMILES string of the molecule is O=C(NCCc1cccs1)[C@H]1CC(=O)N(Cc2ccccn2)C1. The van der Waals surface area contributed by atoms with Gasteiger partial charge in [-0.1, -0.05) is 12.1 Å². The van der Waals surface area contributed by atoms with Gasteiger partial charge in [-0.3, -0.25) is 14.6 Å². The fourth-order valence-corrected chi connectivity index (χ4v) is 3.40. The molecule has 23 heavy (non-hydrogen) atoms. The van der Waals surface area contributed by atoms with Gasteiger partial charge in [0.15, 0.2) is 0 Å². The van der Waals surface area contributed by atoms with Crippen LogP contribution in [0, 0.1) is 5.92 Å². The van der Waals surface area contributed by atoms with Gasteiger partial charge in [0.1, 0.15) is 0 Å². The van der Waals surface area contributed by atoms with Crippen molar-refractivity contribution in [2.75, 3.05) is 13.1 Å². The van der Waals surface area contributed by atoms with Crippen molar-refractivity contribution >= 4 is 23.2 Å². The number of aromatic nitrogens is 1. The highest BCUT2D eigenvalue weighted by Gasteiger charge is 2.34. The number of hydrogen-bond donors (Lipinski definition) is 1. The summed E-state index contributed by atoms with van der Waals surface area (Å²) in [6, 6.07) is 9.70. The maximum absolute atomic E-state index is 12.2. The highest BCUT2D eigenvalue weighted by molar-refractivity contribution is 7.09. The summed E-state index contributed by atoms with van der Waals surface area (Å²) < 4.78 is 0. The molecule has 0 aliphatic carbocycles. The number of amides is 2. The highest BCUT2D eigenvalue weighted by Crippen LogP contribution is 2.20. The van der Waals surface area contributed by atoms with Crippen molar-refractivity contribution in [3.63, 3.8) is 0 Å². The summed E-state index contributed by atoms with van der Waals surface area (Å²) in [5, 5.41) is 4.97. The van der Waals surface area contributed by atoms with E-state index in [-0.39, 0.29) is 24.2 Å². The predicted octanol–water partition coefficient (Wildman–Crippen LogP) is 1.85. The zero-order valence-corrected chi connectivity index (χ0v) is 13.6. The second-order valence-corrected chi connectivity index (χ2v) is 6.65. The second kappa shape index (κ2) is 7.37. The van der Waals surface area contributed by atoms with Crippen LogP contribution in [-0.2, 0) is 22.6 Å². The summed E-state index contributed by atoms with van der Waals surface area (Å²) in [6.07, 6.45) is 2.84. The Morgan fingerprint density at radius 1 is 1.35 bits per heavy atom. The van der Waals surface area contributed by atoms with E-state index < -0.39 is 0 Å². The molecule has 0 aromatic carbocycles. The molecule has 1 N–H and O–H groups in total. The van der Waals surface area contributed by atoms with Crippen LogP contribution in [-0.4, -0.2) is 34.8 Å². The van der Waals surface area contributed by atoms with Crippen molar-refractivity contribution in [3.8, 4) is 0 Å². The molecule has 2 aromatic heterocycles. The quantitative estimate of drug-likeness (QED) is 0.880. The van der Waals surface area contributed by atoms with Crippen LogP contribution in [0.5, 0.6) is 0 Å². The van der Waals surface area contributed by atoms with Crippen LogP contribution in [0.3, 0.4) is 0 Å². The second-order valence-electron chi connectivity index (χ2n) is 5.62. The van der Waals surface area contributed by atoms with Gasteiger partial charge in [-0.15, -0.1) is 11.3 Å². The molecular weight excluding hydrogens is 310 g/mol. The first-order valence-electron chi connectivity index (χ1n) is 7.70. The van der Waals surface area contributed by atoms with E-state index in [0.717, 1.165) is 12.1 Å². The smallest absolute Gasteiger partial charge is 0.225 e. The van der Waals surface area contributed by atoms with Gasteiger partial charge in [0.25, 0.3) is 0 Å². The molecule has 1 fully saturated rings. The van der Waals surface area contributed by atoms with E-state index in [2.05, 4.69) is 16.4 Å². The number of carbonyl (C=O) groups is 2. The van der Waals surface area contributed by atoms with E-state index in [1.807, 2.05) is 29.6 Å². The minimum absolute atomic E-state index is 0.0223. The molecular formula is C17H19N3O2S. The monoisotopic (exact) mass is 329 g/mol. The molecule has 5 nitrogen and oxygen atoms in total. The maximum Gasteiger partial charge on any atom is 0.225 e. The Hall–Kier alpha value is -2.21. The number of hydrogen-bond acceptors (Lipinski definition) is 4. The Morgan fingerprint density at radius 2 is 2.26 bits per heavy atom. The van der Waals surface area contributed by atoms with Crippen molar-refractivity contribution in [3.05, 3.63) is 52.5 Å². The summed E-state index contributed by atoms with van der Waals surface area (Å²) >= 11 is 1.69. The third kappa shape index (κ3) is 4.16. The molecule has 0 spiro atoms. The Balaban J connectivity index is 1.47. The number of nitrogens with one attached hydrogen (secondary N) is 1. The third-order valence-electron chi connectivity index (χ3n) is 3.92. The summed E-state index contributed by atoms with van der Waals surface area (Å²) in [7, 11) is 0. The van der Waals surface area contributed by atoms with Crippen LogP contribution < -0.4 is 5.32 Å². The van der Waals surface area contributed by atoms with E-state index in [9.17, 15) is 9.59 Å². The van der Waals surface area contributed by atoms with Gasteiger partial charge >= 0.3 is 0 Å². The summed E-state index contributed by atoms with van der Waals surface area (Å²) in [5.41, 5.74) is 0.847. The van der Waals surface area contributed by atoms with Gasteiger partial charge in [0.2, 0.25) is 11.8 Å². The fraction of sp³-hybridized carbons (Fsp3) is 0.353. The predicted molar refractivity (Wildman–Crippen MR) is 88.8 cm³/mol. The minimum Gasteiger partial charge on any atom is -0.355 e. The van der Waals surface area contributed by atoms with Gasteiger partial charge in [0.05, 0.1) is 18.2 Å². The van der Waals surface area contributed by atoms with E-state index in [1.54, 1.807) is 22.4 Å². The summed E-state index contributed by atoms with van der Waals surface area (Å²) in [5.74, 6) is -0.262. The van der Waals surface area contributed by atoms with E-state index in [1.165, 1.54) is 4.88 Å². The van der Waals surface area contributed by atoms with Crippen molar-refractivity contribution < 1.29 is 9.59 Å². The molecule has 0 unspecified atom stereocenters. The first-order valence-corrected chi connectivity index (χ1v) is 8.58. The lowest BCUT2D eigenvalue weighted by Crippen LogP contribution is -2.34. The van der Waals surface area contributed by atoms with Crippen molar-refractivity contribution in [1.29, 1.82) is 0 Å². The third-order valence-corrected chi connectivity index (χ3v) is 4.85. The van der Waals surface area contributed by atoms with Crippen LogP contribution in [0.2, 0.25) is 0 Å². The fourth-order valence-electron chi connectivity index (χ4n) is 2.70. The first-order chi connectivity index (χ1) is 11.2. The maximum atomic E-state index is 12.2. The normalized spacial score (nSPS) is 17.5. The molecule has 6 heteroatoms. The van der Waals surface area contributed by atoms with Gasteiger partial charge in [0, 0.05) is 30.6 Å². The Kier molecular flexibility index (Phi) is 5.02. The molecule has 0 radical (unpaired) electrons. The van der Waals surface area contributed by atoms with Crippen molar-refractivity contribution in [2.24, 2.45) is 5.92 Å². The zero-order chi connectivity index (χ0) is 16.1. The lowest BCUT2D eigenvalue weighted by atomic mass is 10.1. The van der Waals surface area contributed by atoms with Crippen LogP contribution >= 0.6 is 11.3 Å². The summed E-state index contributed by atoms with van der Waals surface area (Å²) in [6.45, 7) is 1.56. The molecule has 2 amide bonds. The number of likely N-dealkylation sites (tertiary alicyclic amines) is 1. The topological polar surface area (TPSA) is 62.3 Å². The first kappa shape index (κ1) is 15.7. The molecule has 1 saturated heterocycles. The van der Waals surface area contributed by atoms with Gasteiger partial charge in [-0.25, -0.2) is 0 Å². The Bertz CT molecular complexity index is 658. The van der Waals surface area contributed by atoms with Gasteiger partial charge < -0.3 is 10.2 Å². The summed E-state index contributed by atoms with van der Waals surface area (Å²) in [4.78, 5) is 31.5. The molecule has 120 valence electrons. The van der Waals surface area contributed by atoms with Crippen molar-refractivity contribution in [1.82, 2.24) is 15.2 Å². The average Bonchev–Trinajstić information content (AvgIpc) is 3.19. The molecule has 3 rings (SSSR count). The van der Waals surface area contributed by atoms with Crippen molar-refractivity contribution in [2.45, 2.75) is 19.4 Å². The highest BCUT2D eigenvalue weighted by atomic mass is 32.1. The lowest BCUT2D eigenvalue weighted by molar-refractivity contribution is -0.129. The standard InChI is InChI=1S/C17H19N3O2S/c21-16-10-13(11-20(16)12-14-4-1-2-7-18-14)17(22)19-8-6-15-5-3-9-23-15/h1-5,7,9,13H,6,8,10-12H2,(H,19,22)/t13-/m0/s1. The molecule has 0 bridgehead atoms. The number of pyridine rings is 1. The minimum atomic E-state index is -0.255. The number of rotatable bonds is 6. The van der Waals surface area contributed by atoms with Gasteiger partial charge in [-0.05, 0) is 30.0 Å².